The maximum atomic E-state index is 11.2. The van der Waals surface area contributed by atoms with E-state index in [-0.39, 0.29) is 5.78 Å². The topological polar surface area (TPSA) is 17.1 Å². The lowest BCUT2D eigenvalue weighted by molar-refractivity contribution is -0.117. The van der Waals surface area contributed by atoms with Crippen LogP contribution in [0.2, 0.25) is 0 Å². The fourth-order valence-electron chi connectivity index (χ4n) is 2.22. The van der Waals surface area contributed by atoms with E-state index in [0.717, 1.165) is 0 Å². The molecule has 0 fully saturated rings. The smallest absolute Gasteiger partial charge is 0.130 e. The van der Waals surface area contributed by atoms with Crippen molar-refractivity contribution in [2.24, 2.45) is 0 Å². The molecular weight excluding hydrogens is 196 g/mol. The Hall–Kier alpha value is -1.63. The molecule has 1 nitrogen and oxygen atoms in total. The predicted molar refractivity (Wildman–Crippen MR) is 67.7 cm³/mol. The minimum Gasteiger partial charge on any atom is -0.300 e. The van der Waals surface area contributed by atoms with Gasteiger partial charge in [-0.2, -0.15) is 0 Å². The first kappa shape index (κ1) is 10.9. The maximum absolute atomic E-state index is 11.2. The number of carbonyl (C=O) groups is 1. The van der Waals surface area contributed by atoms with E-state index in [4.69, 9.17) is 0 Å². The van der Waals surface area contributed by atoms with Gasteiger partial charge in [0.25, 0.3) is 0 Å². The highest BCUT2D eigenvalue weighted by Crippen LogP contribution is 2.27. The molecule has 0 saturated heterocycles. The number of ketones is 1. The van der Waals surface area contributed by atoms with E-state index in [2.05, 4.69) is 37.3 Å². The number of Topliss-reactive ketones (excluding diaryl/α,β-unsaturated/α-hetero) is 1. The third-order valence-electron chi connectivity index (χ3n) is 2.95. The Morgan fingerprint density at radius 1 is 1.12 bits per heavy atom. The second-order valence-corrected chi connectivity index (χ2v) is 4.38. The van der Waals surface area contributed by atoms with Crippen molar-refractivity contribution in [1.82, 2.24) is 0 Å². The zero-order chi connectivity index (χ0) is 11.5. The van der Waals surface area contributed by atoms with E-state index in [1.807, 2.05) is 12.1 Å². The van der Waals surface area contributed by atoms with Crippen LogP contribution in [0.3, 0.4) is 0 Å². The summed E-state index contributed by atoms with van der Waals surface area (Å²) in [7, 11) is 0. The van der Waals surface area contributed by atoms with Crippen molar-refractivity contribution in [2.75, 3.05) is 0 Å². The molecule has 0 spiro atoms. The Bertz CT molecular complexity index is 508. The van der Waals surface area contributed by atoms with E-state index >= 15 is 0 Å². The van der Waals surface area contributed by atoms with Gasteiger partial charge in [-0.25, -0.2) is 0 Å². The second-order valence-electron chi connectivity index (χ2n) is 4.38. The standard InChI is InChI=1S/C15H16O/c1-11(10-12(2)16)14-9-5-7-13-6-3-4-8-15(13)14/h3-9,11H,10H2,1-2H3. The van der Waals surface area contributed by atoms with Gasteiger partial charge >= 0.3 is 0 Å². The van der Waals surface area contributed by atoms with Gasteiger partial charge in [0.15, 0.2) is 0 Å². The molecule has 16 heavy (non-hydrogen) atoms. The lowest BCUT2D eigenvalue weighted by atomic mass is 9.91. The normalized spacial score (nSPS) is 12.6. The first-order valence-corrected chi connectivity index (χ1v) is 5.65. The fourth-order valence-corrected chi connectivity index (χ4v) is 2.22. The van der Waals surface area contributed by atoms with E-state index in [1.54, 1.807) is 6.92 Å². The first-order valence-electron chi connectivity index (χ1n) is 5.65. The number of fused-ring (bicyclic) bond motifs is 1. The van der Waals surface area contributed by atoms with Crippen molar-refractivity contribution in [2.45, 2.75) is 26.2 Å². The Kier molecular flexibility index (Phi) is 3.04. The number of hydrogen-bond donors (Lipinski definition) is 0. The van der Waals surface area contributed by atoms with Crippen molar-refractivity contribution in [3.05, 3.63) is 48.0 Å². The minimum atomic E-state index is 0.250. The number of hydrogen-bond acceptors (Lipinski definition) is 1. The number of rotatable bonds is 3. The number of benzene rings is 2. The average Bonchev–Trinajstić information content (AvgIpc) is 2.27. The van der Waals surface area contributed by atoms with Crippen LogP contribution < -0.4 is 0 Å². The Balaban J connectivity index is 2.47. The molecule has 1 heteroatoms. The molecule has 2 aromatic carbocycles. The van der Waals surface area contributed by atoms with Gasteiger partial charge in [-0.15, -0.1) is 0 Å². The summed E-state index contributed by atoms with van der Waals surface area (Å²) in [6.07, 6.45) is 0.619. The van der Waals surface area contributed by atoms with Crippen LogP contribution in [0, 0.1) is 0 Å². The molecule has 0 aromatic heterocycles. The summed E-state index contributed by atoms with van der Waals surface area (Å²) < 4.78 is 0. The molecule has 82 valence electrons. The molecule has 2 aromatic rings. The van der Waals surface area contributed by atoms with Crippen LogP contribution in [0.15, 0.2) is 42.5 Å². The number of carbonyl (C=O) groups excluding carboxylic acids is 1. The van der Waals surface area contributed by atoms with Crippen LogP contribution in [0.4, 0.5) is 0 Å². The van der Waals surface area contributed by atoms with Crippen LogP contribution in [-0.4, -0.2) is 5.78 Å². The van der Waals surface area contributed by atoms with Crippen LogP contribution in [-0.2, 0) is 4.79 Å². The Morgan fingerprint density at radius 3 is 2.56 bits per heavy atom. The van der Waals surface area contributed by atoms with E-state index in [1.165, 1.54) is 16.3 Å². The molecule has 0 N–H and O–H groups in total. The zero-order valence-corrected chi connectivity index (χ0v) is 9.73. The molecule has 0 bridgehead atoms. The molecular formula is C15H16O. The van der Waals surface area contributed by atoms with Gasteiger partial charge in [0.1, 0.15) is 5.78 Å². The average molecular weight is 212 g/mol. The van der Waals surface area contributed by atoms with Crippen LogP contribution >= 0.6 is 0 Å². The summed E-state index contributed by atoms with van der Waals surface area (Å²) in [4.78, 5) is 11.2. The third-order valence-corrected chi connectivity index (χ3v) is 2.95. The molecule has 0 radical (unpaired) electrons. The highest BCUT2D eigenvalue weighted by molar-refractivity contribution is 5.87. The summed E-state index contributed by atoms with van der Waals surface area (Å²) in [6.45, 7) is 3.77. The summed E-state index contributed by atoms with van der Waals surface area (Å²) in [5.74, 6) is 0.545. The van der Waals surface area contributed by atoms with Gasteiger partial charge in [-0.05, 0) is 29.2 Å². The highest BCUT2D eigenvalue weighted by atomic mass is 16.1. The summed E-state index contributed by atoms with van der Waals surface area (Å²) in [5.41, 5.74) is 1.27. The summed E-state index contributed by atoms with van der Waals surface area (Å²) >= 11 is 0. The van der Waals surface area contributed by atoms with Gasteiger partial charge in [0, 0.05) is 6.42 Å². The summed E-state index contributed by atoms with van der Waals surface area (Å²) in [6, 6.07) is 14.6. The van der Waals surface area contributed by atoms with Crippen molar-refractivity contribution >= 4 is 16.6 Å². The molecule has 0 aliphatic rings. The fraction of sp³-hybridized carbons (Fsp3) is 0.267. The first-order chi connectivity index (χ1) is 7.68. The van der Waals surface area contributed by atoms with Crippen LogP contribution in [0.1, 0.15) is 31.7 Å². The van der Waals surface area contributed by atoms with Gasteiger partial charge in [-0.1, -0.05) is 49.4 Å². The van der Waals surface area contributed by atoms with E-state index in [9.17, 15) is 4.79 Å². The molecule has 1 atom stereocenters. The predicted octanol–water partition coefficient (Wildman–Crippen LogP) is 3.92. The van der Waals surface area contributed by atoms with Crippen molar-refractivity contribution < 1.29 is 4.79 Å². The molecule has 0 aliphatic heterocycles. The molecule has 2 rings (SSSR count). The summed E-state index contributed by atoms with van der Waals surface area (Å²) in [5, 5.41) is 2.51. The van der Waals surface area contributed by atoms with Gasteiger partial charge < -0.3 is 4.79 Å². The van der Waals surface area contributed by atoms with E-state index < -0.39 is 0 Å². The molecule has 0 heterocycles. The van der Waals surface area contributed by atoms with Crippen LogP contribution in [0.25, 0.3) is 10.8 Å². The Morgan fingerprint density at radius 2 is 1.81 bits per heavy atom. The molecule has 0 saturated carbocycles. The monoisotopic (exact) mass is 212 g/mol. The largest absolute Gasteiger partial charge is 0.300 e. The van der Waals surface area contributed by atoms with Gasteiger partial charge in [-0.3, -0.25) is 0 Å². The second kappa shape index (κ2) is 4.48. The van der Waals surface area contributed by atoms with E-state index in [0.29, 0.717) is 12.3 Å². The van der Waals surface area contributed by atoms with Crippen LogP contribution in [0.5, 0.6) is 0 Å². The van der Waals surface area contributed by atoms with Gasteiger partial charge in [0.2, 0.25) is 0 Å². The lowest BCUT2D eigenvalue weighted by Crippen LogP contribution is -2.00. The third kappa shape index (κ3) is 2.13. The van der Waals surface area contributed by atoms with Crippen molar-refractivity contribution in [3.63, 3.8) is 0 Å². The Labute approximate surface area is 96.1 Å². The quantitative estimate of drug-likeness (QED) is 0.753. The zero-order valence-electron chi connectivity index (χ0n) is 9.73. The van der Waals surface area contributed by atoms with Crippen molar-refractivity contribution in [3.8, 4) is 0 Å². The SMILES string of the molecule is CC(=O)CC(C)c1cccc2ccccc12. The maximum Gasteiger partial charge on any atom is 0.130 e. The lowest BCUT2D eigenvalue weighted by Gasteiger charge is -2.13. The van der Waals surface area contributed by atoms with Crippen molar-refractivity contribution in [1.29, 1.82) is 0 Å². The molecule has 1 unspecified atom stereocenters. The minimum absolute atomic E-state index is 0.250. The van der Waals surface area contributed by atoms with Gasteiger partial charge in [0.05, 0.1) is 0 Å². The highest BCUT2D eigenvalue weighted by Gasteiger charge is 2.10. The molecule has 0 amide bonds. The molecule has 0 aliphatic carbocycles.